The lowest BCUT2D eigenvalue weighted by Crippen LogP contribution is -2.20. The summed E-state index contributed by atoms with van der Waals surface area (Å²) in [5.74, 6) is -2.89. The number of alkyl halides is 3. The Morgan fingerprint density at radius 2 is 2.10 bits per heavy atom. The molecular weight excluding hydrogens is 301 g/mol. The first kappa shape index (κ1) is 16.5. The average molecular weight is 310 g/mol. The minimum atomic E-state index is -5.21. The lowest BCUT2D eigenvalue weighted by molar-refractivity contribution is -0.389. The molecule has 1 aromatic rings. The summed E-state index contributed by atoms with van der Waals surface area (Å²) < 4.78 is 49.3. The maximum absolute atomic E-state index is 12.2. The largest absolute Gasteiger partial charge is 0.574 e. The lowest BCUT2D eigenvalue weighted by Gasteiger charge is -2.11. The van der Waals surface area contributed by atoms with Gasteiger partial charge in [0.05, 0.1) is 24.7 Å². The number of hydrogen-bond acceptors (Lipinski definition) is 7. The molecule has 0 aromatic carbocycles. The fraction of sp³-hybridized carbons (Fsp3) is 0.400. The molecule has 21 heavy (non-hydrogen) atoms. The van der Waals surface area contributed by atoms with Crippen molar-refractivity contribution >= 4 is 11.7 Å². The van der Waals surface area contributed by atoms with Crippen LogP contribution >= 0.6 is 0 Å². The molecule has 0 aliphatic heterocycles. The van der Waals surface area contributed by atoms with Gasteiger partial charge >= 0.3 is 23.9 Å². The number of aromatic nitrogens is 1. The zero-order chi connectivity index (χ0) is 16.2. The molecule has 0 saturated heterocycles. The number of carbonyl (C=O) groups excluding carboxylic acids is 1. The van der Waals surface area contributed by atoms with Crippen LogP contribution in [0.4, 0.5) is 18.9 Å². The number of hydrogen-bond donors (Lipinski definition) is 0. The fourth-order valence-corrected chi connectivity index (χ4v) is 1.28. The SMILES string of the molecule is CCOC(=O)c1nc(OC(F)(F)F)c([N+](=O)[O-])cc1OC. The Balaban J connectivity index is 3.42. The first-order valence-electron chi connectivity index (χ1n) is 5.35. The van der Waals surface area contributed by atoms with E-state index in [0.29, 0.717) is 6.07 Å². The average Bonchev–Trinajstić information content (AvgIpc) is 2.36. The molecule has 0 aliphatic carbocycles. The Morgan fingerprint density at radius 3 is 2.52 bits per heavy atom. The van der Waals surface area contributed by atoms with E-state index in [2.05, 4.69) is 19.2 Å². The van der Waals surface area contributed by atoms with Crippen LogP contribution in [0, 0.1) is 10.1 Å². The van der Waals surface area contributed by atoms with Crippen molar-refractivity contribution in [3.8, 4) is 11.6 Å². The summed E-state index contributed by atoms with van der Waals surface area (Å²) in [7, 11) is 1.06. The van der Waals surface area contributed by atoms with Gasteiger partial charge in [-0.2, -0.15) is 4.98 Å². The normalized spacial score (nSPS) is 10.9. The Labute approximate surface area is 115 Å². The van der Waals surface area contributed by atoms with Crippen molar-refractivity contribution < 1.29 is 37.1 Å². The third kappa shape index (κ3) is 4.19. The topological polar surface area (TPSA) is 101 Å². The number of nitro groups is 1. The molecule has 0 bridgehead atoms. The van der Waals surface area contributed by atoms with Crippen LogP contribution in [0.15, 0.2) is 6.07 Å². The molecule has 0 atom stereocenters. The van der Waals surface area contributed by atoms with Crippen molar-refractivity contribution in [2.75, 3.05) is 13.7 Å². The Bertz CT molecular complexity index is 560. The summed E-state index contributed by atoms with van der Waals surface area (Å²) in [6.45, 7) is 1.39. The number of carbonyl (C=O) groups is 1. The van der Waals surface area contributed by atoms with Crippen molar-refractivity contribution in [2.24, 2.45) is 0 Å². The number of pyridine rings is 1. The van der Waals surface area contributed by atoms with Crippen molar-refractivity contribution in [3.05, 3.63) is 21.9 Å². The maximum atomic E-state index is 12.2. The van der Waals surface area contributed by atoms with E-state index in [1.165, 1.54) is 6.92 Å². The van der Waals surface area contributed by atoms with Crippen LogP contribution in [0.1, 0.15) is 17.4 Å². The van der Waals surface area contributed by atoms with E-state index in [9.17, 15) is 28.1 Å². The Hall–Kier alpha value is -2.59. The van der Waals surface area contributed by atoms with Crippen LogP contribution in [0.25, 0.3) is 0 Å². The molecule has 0 saturated carbocycles. The highest BCUT2D eigenvalue weighted by atomic mass is 19.4. The molecule has 0 amide bonds. The molecule has 0 unspecified atom stereocenters. The lowest BCUT2D eigenvalue weighted by atomic mass is 10.3. The molecular formula is C10H9F3N2O6. The number of halogens is 3. The van der Waals surface area contributed by atoms with Crippen molar-refractivity contribution in [1.82, 2.24) is 4.98 Å². The third-order valence-corrected chi connectivity index (χ3v) is 2.03. The summed E-state index contributed by atoms with van der Waals surface area (Å²) in [6, 6.07) is 0.598. The van der Waals surface area contributed by atoms with Gasteiger partial charge in [-0.15, -0.1) is 13.2 Å². The monoisotopic (exact) mass is 310 g/mol. The van der Waals surface area contributed by atoms with E-state index in [1.807, 2.05) is 0 Å². The molecule has 0 fully saturated rings. The predicted molar refractivity (Wildman–Crippen MR) is 60.1 cm³/mol. The first-order chi connectivity index (χ1) is 9.69. The number of esters is 1. The summed E-state index contributed by atoms with van der Waals surface area (Å²) >= 11 is 0. The second-order valence-electron chi connectivity index (χ2n) is 3.39. The highest BCUT2D eigenvalue weighted by Crippen LogP contribution is 2.34. The van der Waals surface area contributed by atoms with Gasteiger partial charge in [0.1, 0.15) is 0 Å². The van der Waals surface area contributed by atoms with Gasteiger partial charge in [-0.3, -0.25) is 10.1 Å². The van der Waals surface area contributed by atoms with Crippen LogP contribution < -0.4 is 9.47 Å². The summed E-state index contributed by atoms with van der Waals surface area (Å²) in [6.07, 6.45) is -5.21. The van der Waals surface area contributed by atoms with E-state index >= 15 is 0 Å². The van der Waals surface area contributed by atoms with Crippen molar-refractivity contribution in [1.29, 1.82) is 0 Å². The number of ether oxygens (including phenoxy) is 3. The smallest absolute Gasteiger partial charge is 0.494 e. The Morgan fingerprint density at radius 1 is 1.48 bits per heavy atom. The molecule has 1 aromatic heterocycles. The Kier molecular flexibility index (Phi) is 4.89. The zero-order valence-corrected chi connectivity index (χ0v) is 10.8. The minimum absolute atomic E-state index is 0.0733. The van der Waals surface area contributed by atoms with Crippen LogP contribution in [0.2, 0.25) is 0 Å². The predicted octanol–water partition coefficient (Wildman–Crippen LogP) is 2.07. The van der Waals surface area contributed by atoms with Gasteiger partial charge in [0.2, 0.25) is 0 Å². The quantitative estimate of drug-likeness (QED) is 0.466. The van der Waals surface area contributed by atoms with E-state index in [1.54, 1.807) is 0 Å². The van der Waals surface area contributed by atoms with Gasteiger partial charge in [-0.05, 0) is 6.92 Å². The van der Waals surface area contributed by atoms with Crippen LogP contribution in [-0.2, 0) is 4.74 Å². The minimum Gasteiger partial charge on any atom is -0.494 e. The second-order valence-corrected chi connectivity index (χ2v) is 3.39. The number of rotatable bonds is 5. The van der Waals surface area contributed by atoms with E-state index in [-0.39, 0.29) is 6.61 Å². The van der Waals surface area contributed by atoms with Gasteiger partial charge in [0.15, 0.2) is 11.4 Å². The molecule has 11 heteroatoms. The van der Waals surface area contributed by atoms with Gasteiger partial charge in [-0.1, -0.05) is 0 Å². The molecule has 0 spiro atoms. The van der Waals surface area contributed by atoms with Gasteiger partial charge < -0.3 is 14.2 Å². The standard InChI is InChI=1S/C10H9F3N2O6/c1-3-20-9(16)7-6(19-2)4-5(15(17)18)8(14-7)21-10(11,12)13/h4H,3H2,1-2H3. The first-order valence-corrected chi connectivity index (χ1v) is 5.35. The summed E-state index contributed by atoms with van der Waals surface area (Å²) in [5, 5.41) is 10.7. The van der Waals surface area contributed by atoms with E-state index in [0.717, 1.165) is 7.11 Å². The highest BCUT2D eigenvalue weighted by molar-refractivity contribution is 5.91. The molecule has 1 heterocycles. The summed E-state index contributed by atoms with van der Waals surface area (Å²) in [4.78, 5) is 24.3. The molecule has 1 rings (SSSR count). The number of nitrogens with zero attached hydrogens (tertiary/aromatic N) is 2. The summed E-state index contributed by atoms with van der Waals surface area (Å²) in [5.41, 5.74) is -1.76. The molecule has 8 nitrogen and oxygen atoms in total. The van der Waals surface area contributed by atoms with Crippen LogP contribution in [-0.4, -0.2) is 36.0 Å². The highest BCUT2D eigenvalue weighted by Gasteiger charge is 2.37. The molecule has 0 aliphatic rings. The van der Waals surface area contributed by atoms with E-state index in [4.69, 9.17) is 0 Å². The molecule has 0 radical (unpaired) electrons. The fourth-order valence-electron chi connectivity index (χ4n) is 1.28. The van der Waals surface area contributed by atoms with Crippen LogP contribution in [0.5, 0.6) is 11.6 Å². The van der Waals surface area contributed by atoms with Gasteiger partial charge in [-0.25, -0.2) is 4.79 Å². The van der Waals surface area contributed by atoms with Crippen molar-refractivity contribution in [3.63, 3.8) is 0 Å². The van der Waals surface area contributed by atoms with Crippen molar-refractivity contribution in [2.45, 2.75) is 13.3 Å². The van der Waals surface area contributed by atoms with Gasteiger partial charge in [0, 0.05) is 0 Å². The zero-order valence-electron chi connectivity index (χ0n) is 10.8. The maximum Gasteiger partial charge on any atom is 0.574 e. The molecule has 0 N–H and O–H groups in total. The second kappa shape index (κ2) is 6.24. The number of methoxy groups -OCH3 is 1. The van der Waals surface area contributed by atoms with E-state index < -0.39 is 40.3 Å². The van der Waals surface area contributed by atoms with Gasteiger partial charge in [0.25, 0.3) is 0 Å². The molecule has 116 valence electrons. The third-order valence-electron chi connectivity index (χ3n) is 2.03. The van der Waals surface area contributed by atoms with Crippen LogP contribution in [0.3, 0.4) is 0 Å².